The van der Waals surface area contributed by atoms with Crippen LogP contribution >= 0.6 is 0 Å². The van der Waals surface area contributed by atoms with Crippen molar-refractivity contribution >= 4 is 17.5 Å². The van der Waals surface area contributed by atoms with Gasteiger partial charge in [-0.25, -0.2) is 0 Å². The van der Waals surface area contributed by atoms with E-state index in [0.717, 1.165) is 19.5 Å². The van der Waals surface area contributed by atoms with Crippen LogP contribution in [0.4, 0.5) is 5.69 Å². The summed E-state index contributed by atoms with van der Waals surface area (Å²) in [7, 11) is 0. The first-order valence-electron chi connectivity index (χ1n) is 7.24. The Morgan fingerprint density at radius 1 is 1.33 bits per heavy atom. The van der Waals surface area contributed by atoms with Gasteiger partial charge in [-0.1, -0.05) is 6.07 Å². The van der Waals surface area contributed by atoms with Gasteiger partial charge in [0.05, 0.1) is 6.61 Å². The minimum Gasteiger partial charge on any atom is -0.494 e. The number of hydrogen-bond donors (Lipinski definition) is 2. The van der Waals surface area contributed by atoms with Gasteiger partial charge in [0.25, 0.3) is 0 Å². The van der Waals surface area contributed by atoms with Gasteiger partial charge in [-0.3, -0.25) is 9.59 Å². The standard InChI is InChI=1S/C15H21N3O3/c1-2-21-13-6-3-5-12(11-13)17-14(19)15(20)18-9-4-7-16-8-10-18/h3,5-6,11,16H,2,4,7-10H2,1H3,(H,17,19). The van der Waals surface area contributed by atoms with Gasteiger partial charge >= 0.3 is 11.8 Å². The van der Waals surface area contributed by atoms with Gasteiger partial charge in [0.1, 0.15) is 5.75 Å². The lowest BCUT2D eigenvalue weighted by Crippen LogP contribution is -2.41. The number of carbonyl (C=O) groups is 2. The van der Waals surface area contributed by atoms with Crippen LogP contribution in [-0.4, -0.2) is 49.5 Å². The molecule has 1 aromatic carbocycles. The second-order valence-electron chi connectivity index (χ2n) is 4.81. The molecule has 2 rings (SSSR count). The second-order valence-corrected chi connectivity index (χ2v) is 4.81. The summed E-state index contributed by atoms with van der Waals surface area (Å²) in [5.41, 5.74) is 0.562. The van der Waals surface area contributed by atoms with Crippen LogP contribution in [-0.2, 0) is 9.59 Å². The number of hydrogen-bond acceptors (Lipinski definition) is 4. The van der Waals surface area contributed by atoms with Crippen LogP contribution in [0.2, 0.25) is 0 Å². The summed E-state index contributed by atoms with van der Waals surface area (Å²) in [6, 6.07) is 7.03. The van der Waals surface area contributed by atoms with Crippen molar-refractivity contribution in [1.82, 2.24) is 10.2 Å². The predicted octanol–water partition coefficient (Wildman–Crippen LogP) is 0.846. The molecule has 0 unspecified atom stereocenters. The molecule has 1 fully saturated rings. The van der Waals surface area contributed by atoms with E-state index in [1.807, 2.05) is 6.92 Å². The molecule has 2 amide bonds. The maximum atomic E-state index is 12.1. The third-order valence-corrected chi connectivity index (χ3v) is 3.22. The van der Waals surface area contributed by atoms with Crippen LogP contribution < -0.4 is 15.4 Å². The molecule has 1 heterocycles. The fourth-order valence-corrected chi connectivity index (χ4v) is 2.21. The van der Waals surface area contributed by atoms with Crippen LogP contribution in [0.15, 0.2) is 24.3 Å². The van der Waals surface area contributed by atoms with Gasteiger partial charge in [0, 0.05) is 31.4 Å². The van der Waals surface area contributed by atoms with Gasteiger partial charge in [-0.2, -0.15) is 0 Å². The van der Waals surface area contributed by atoms with E-state index in [0.29, 0.717) is 31.1 Å². The highest BCUT2D eigenvalue weighted by Gasteiger charge is 2.22. The largest absolute Gasteiger partial charge is 0.494 e. The SMILES string of the molecule is CCOc1cccc(NC(=O)C(=O)N2CCCNCC2)c1. The van der Waals surface area contributed by atoms with E-state index in [1.165, 1.54) is 0 Å². The van der Waals surface area contributed by atoms with E-state index < -0.39 is 11.8 Å². The zero-order valence-electron chi connectivity index (χ0n) is 12.2. The average molecular weight is 291 g/mol. The molecular formula is C15H21N3O3. The summed E-state index contributed by atoms with van der Waals surface area (Å²) in [5.74, 6) is -0.423. The third kappa shape index (κ3) is 4.46. The smallest absolute Gasteiger partial charge is 0.313 e. The Morgan fingerprint density at radius 3 is 3.00 bits per heavy atom. The molecule has 114 valence electrons. The molecule has 1 saturated heterocycles. The van der Waals surface area contributed by atoms with Crippen LogP contribution in [0.5, 0.6) is 5.75 Å². The zero-order chi connectivity index (χ0) is 15.1. The normalized spacial score (nSPS) is 15.2. The summed E-state index contributed by atoms with van der Waals surface area (Å²) in [6.45, 7) is 5.21. The fourth-order valence-electron chi connectivity index (χ4n) is 2.21. The number of rotatable bonds is 3. The maximum Gasteiger partial charge on any atom is 0.313 e. The van der Waals surface area contributed by atoms with Crippen molar-refractivity contribution < 1.29 is 14.3 Å². The molecule has 6 heteroatoms. The van der Waals surface area contributed by atoms with E-state index in [1.54, 1.807) is 29.2 Å². The van der Waals surface area contributed by atoms with Gasteiger partial charge < -0.3 is 20.3 Å². The highest BCUT2D eigenvalue weighted by Crippen LogP contribution is 2.17. The molecule has 21 heavy (non-hydrogen) atoms. The van der Waals surface area contributed by atoms with Crippen LogP contribution in [0.3, 0.4) is 0 Å². The minimum atomic E-state index is -0.606. The Balaban J connectivity index is 1.96. The summed E-state index contributed by atoms with van der Waals surface area (Å²) in [5, 5.41) is 5.83. The van der Waals surface area contributed by atoms with Crippen LogP contribution in [0.25, 0.3) is 0 Å². The molecule has 0 atom stereocenters. The lowest BCUT2D eigenvalue weighted by atomic mass is 10.3. The van der Waals surface area contributed by atoms with Crippen molar-refractivity contribution in [3.05, 3.63) is 24.3 Å². The number of ether oxygens (including phenoxy) is 1. The molecule has 0 saturated carbocycles. The van der Waals surface area contributed by atoms with Crippen molar-refractivity contribution in [2.24, 2.45) is 0 Å². The first kappa shape index (κ1) is 15.3. The first-order valence-corrected chi connectivity index (χ1v) is 7.24. The van der Waals surface area contributed by atoms with Crippen molar-refractivity contribution in [2.45, 2.75) is 13.3 Å². The number of nitrogens with one attached hydrogen (secondary N) is 2. The van der Waals surface area contributed by atoms with Gasteiger partial charge in [-0.05, 0) is 32.0 Å². The van der Waals surface area contributed by atoms with Gasteiger partial charge in [0.2, 0.25) is 0 Å². The van der Waals surface area contributed by atoms with Gasteiger partial charge in [-0.15, -0.1) is 0 Å². The van der Waals surface area contributed by atoms with E-state index in [4.69, 9.17) is 4.74 Å². The zero-order valence-corrected chi connectivity index (χ0v) is 12.2. The van der Waals surface area contributed by atoms with Crippen molar-refractivity contribution in [1.29, 1.82) is 0 Å². The number of nitrogens with zero attached hydrogens (tertiary/aromatic N) is 1. The monoisotopic (exact) mass is 291 g/mol. The number of anilines is 1. The Bertz CT molecular complexity index is 497. The van der Waals surface area contributed by atoms with E-state index in [-0.39, 0.29) is 0 Å². The molecule has 0 radical (unpaired) electrons. The molecule has 0 spiro atoms. The summed E-state index contributed by atoms with van der Waals surface area (Å²) in [6.07, 6.45) is 0.860. The molecule has 0 aliphatic carbocycles. The minimum absolute atomic E-state index is 0.486. The molecule has 1 aliphatic rings. The molecular weight excluding hydrogens is 270 g/mol. The fraction of sp³-hybridized carbons (Fsp3) is 0.467. The number of amides is 2. The molecule has 1 aromatic rings. The Labute approximate surface area is 124 Å². The Morgan fingerprint density at radius 2 is 2.19 bits per heavy atom. The third-order valence-electron chi connectivity index (χ3n) is 3.22. The summed E-state index contributed by atoms with van der Waals surface area (Å²) >= 11 is 0. The molecule has 6 nitrogen and oxygen atoms in total. The Hall–Kier alpha value is -2.08. The lowest BCUT2D eigenvalue weighted by Gasteiger charge is -2.19. The highest BCUT2D eigenvalue weighted by molar-refractivity contribution is 6.39. The predicted molar refractivity (Wildman–Crippen MR) is 80.3 cm³/mol. The topological polar surface area (TPSA) is 70.7 Å². The molecule has 1 aliphatic heterocycles. The van der Waals surface area contributed by atoms with Crippen molar-refractivity contribution in [3.63, 3.8) is 0 Å². The van der Waals surface area contributed by atoms with Gasteiger partial charge in [0.15, 0.2) is 0 Å². The number of carbonyl (C=O) groups excluding carboxylic acids is 2. The van der Waals surface area contributed by atoms with E-state index in [2.05, 4.69) is 10.6 Å². The highest BCUT2D eigenvalue weighted by atomic mass is 16.5. The van der Waals surface area contributed by atoms with Crippen molar-refractivity contribution in [3.8, 4) is 5.75 Å². The molecule has 0 aromatic heterocycles. The second kappa shape index (κ2) is 7.64. The quantitative estimate of drug-likeness (QED) is 0.810. The van der Waals surface area contributed by atoms with E-state index >= 15 is 0 Å². The molecule has 0 bridgehead atoms. The molecule has 2 N–H and O–H groups in total. The van der Waals surface area contributed by atoms with E-state index in [9.17, 15) is 9.59 Å². The van der Waals surface area contributed by atoms with Crippen LogP contribution in [0.1, 0.15) is 13.3 Å². The number of benzene rings is 1. The summed E-state index contributed by atoms with van der Waals surface area (Å²) < 4.78 is 5.37. The van der Waals surface area contributed by atoms with Crippen LogP contribution in [0, 0.1) is 0 Å². The summed E-state index contributed by atoms with van der Waals surface area (Å²) in [4.78, 5) is 25.7. The van der Waals surface area contributed by atoms with Crippen molar-refractivity contribution in [2.75, 3.05) is 38.1 Å². The Kier molecular flexibility index (Phi) is 5.57. The first-order chi connectivity index (χ1) is 10.2. The average Bonchev–Trinajstić information content (AvgIpc) is 2.76. The maximum absolute atomic E-state index is 12.1. The lowest BCUT2D eigenvalue weighted by molar-refractivity contribution is -0.143.